The summed E-state index contributed by atoms with van der Waals surface area (Å²) < 4.78 is 60.0. The van der Waals surface area contributed by atoms with Crippen LogP contribution in [0.15, 0.2) is 36.9 Å². The van der Waals surface area contributed by atoms with Gasteiger partial charge in [0.2, 0.25) is 0 Å². The summed E-state index contributed by atoms with van der Waals surface area (Å²) in [5.41, 5.74) is 13.0. The molecule has 1 fully saturated rings. The molecule has 4 rings (SSSR count). The first-order valence-electron chi connectivity index (χ1n) is 11.5. The highest BCUT2D eigenvalue weighted by Gasteiger charge is 2.44. The summed E-state index contributed by atoms with van der Waals surface area (Å²) >= 11 is 0. The monoisotopic (exact) mass is 638 g/mol. The lowest BCUT2D eigenvalue weighted by atomic mass is 10.0. The second-order valence-electron chi connectivity index (χ2n) is 8.65. The number of nitrogens with zero attached hydrogens (tertiary/aromatic N) is 4. The van der Waals surface area contributed by atoms with Crippen molar-refractivity contribution >= 4 is 46.4 Å². The Hall–Kier alpha value is -2.63. The molecule has 5 unspecified atom stereocenters. The highest BCUT2D eigenvalue weighted by Crippen LogP contribution is 2.66. The zero-order valence-electron chi connectivity index (χ0n) is 20.9. The average molecular weight is 638 g/mol. The zero-order chi connectivity index (χ0) is 30.2. The number of carbonyl (C=O) groups is 1. The summed E-state index contributed by atoms with van der Waals surface area (Å²) in [6.45, 7) is 0.806. The summed E-state index contributed by atoms with van der Waals surface area (Å²) in [4.78, 5) is 61.9. The predicted octanol–water partition coefficient (Wildman–Crippen LogP) is 1.28. The first-order chi connectivity index (χ1) is 19.1. The largest absolute Gasteiger partial charge is 0.490 e. The van der Waals surface area contributed by atoms with Crippen LogP contribution in [0.3, 0.4) is 0 Å². The second kappa shape index (κ2) is 11.9. The lowest BCUT2D eigenvalue weighted by Crippen LogP contribution is -2.31. The number of hydrogen-bond acceptors (Lipinski definition) is 14. The average Bonchev–Trinajstić information content (AvgIpc) is 3.45. The summed E-state index contributed by atoms with van der Waals surface area (Å²) in [5.74, 6) is -0.705. The first-order valence-corrected chi connectivity index (χ1v) is 16.0. The van der Waals surface area contributed by atoms with Crippen LogP contribution in [0.2, 0.25) is 0 Å². The van der Waals surface area contributed by atoms with E-state index in [2.05, 4.69) is 23.6 Å². The molecule has 41 heavy (non-hydrogen) atoms. The number of benzene rings is 1. The van der Waals surface area contributed by atoms with Gasteiger partial charge in [-0.15, -0.1) is 0 Å². The van der Waals surface area contributed by atoms with Crippen LogP contribution in [-0.4, -0.2) is 63.9 Å². The molecule has 6 atom stereocenters. The molecule has 8 N–H and O–H groups in total. The van der Waals surface area contributed by atoms with Gasteiger partial charge in [-0.25, -0.2) is 33.4 Å². The summed E-state index contributed by atoms with van der Waals surface area (Å²) in [6, 6.07) is 5.91. The van der Waals surface area contributed by atoms with Gasteiger partial charge >= 0.3 is 29.4 Å². The number of anilines is 1. The van der Waals surface area contributed by atoms with Crippen molar-refractivity contribution in [3.05, 3.63) is 48.0 Å². The van der Waals surface area contributed by atoms with Crippen LogP contribution in [0, 0.1) is 0 Å². The molecule has 0 spiro atoms. The number of rotatable bonds is 11. The lowest BCUT2D eigenvalue weighted by Gasteiger charge is -2.21. The Morgan fingerprint density at radius 3 is 2.51 bits per heavy atom. The lowest BCUT2D eigenvalue weighted by molar-refractivity contribution is -0.0490. The number of ether oxygens (including phenoxy) is 2. The molecule has 22 heteroatoms. The minimum atomic E-state index is -5.75. The van der Waals surface area contributed by atoms with Crippen LogP contribution >= 0.6 is 23.5 Å². The number of phosphoric ester groups is 1. The standard InChI is InChI=1S/C19H25N6O13P3/c1-10(20)11-4-2-3-5-12(11)19(26)36-13-6-15(25-9-24-16-17(21)22-8-23-18(16)25)35-14(13)7-34-40(30,31)38-41(32,33)37-39(27,28)29/h2-5,8-10,13-15H,6-7,20H2,1H3,(H,30,31)(H,32,33)(H2,21,22,23)(H2,27,28,29)/t10?,13-,14?,15?/m1/s1. The summed E-state index contributed by atoms with van der Waals surface area (Å²) in [5, 5.41) is 0. The molecule has 224 valence electrons. The van der Waals surface area contributed by atoms with Crippen molar-refractivity contribution in [2.75, 3.05) is 12.3 Å². The molecule has 0 amide bonds. The van der Waals surface area contributed by atoms with E-state index < -0.39 is 60.5 Å². The van der Waals surface area contributed by atoms with E-state index in [9.17, 15) is 28.3 Å². The third kappa shape index (κ3) is 7.81. The summed E-state index contributed by atoms with van der Waals surface area (Å²) in [6.07, 6.45) is -0.864. The Kier molecular flexibility index (Phi) is 9.11. The maximum atomic E-state index is 13.1. The molecule has 1 aliphatic rings. The number of esters is 1. The SMILES string of the molecule is CC(N)c1ccccc1C(=O)O[C@@H]1CC(n2cnc3c(N)ncnc32)OC1COP(=O)(O)OP(=O)(O)OP(=O)(O)O. The van der Waals surface area contributed by atoms with E-state index >= 15 is 0 Å². The van der Waals surface area contributed by atoms with E-state index in [1.165, 1.54) is 23.3 Å². The molecular weight excluding hydrogens is 613 g/mol. The number of nitrogen functional groups attached to an aromatic ring is 1. The minimum absolute atomic E-state index is 0.0497. The van der Waals surface area contributed by atoms with Crippen LogP contribution in [0.4, 0.5) is 5.82 Å². The Morgan fingerprint density at radius 2 is 1.83 bits per heavy atom. The fourth-order valence-corrected chi connectivity index (χ4v) is 7.01. The van der Waals surface area contributed by atoms with Crippen LogP contribution in [0.25, 0.3) is 11.2 Å². The molecular formula is C19H25N6O13P3. The van der Waals surface area contributed by atoms with E-state index in [-0.39, 0.29) is 29.0 Å². The van der Waals surface area contributed by atoms with Gasteiger partial charge in [0.25, 0.3) is 0 Å². The van der Waals surface area contributed by atoms with E-state index in [1.54, 1.807) is 25.1 Å². The van der Waals surface area contributed by atoms with Crippen molar-refractivity contribution in [3.63, 3.8) is 0 Å². The van der Waals surface area contributed by atoms with Crippen molar-refractivity contribution in [3.8, 4) is 0 Å². The third-order valence-corrected chi connectivity index (χ3v) is 9.43. The normalized spacial score (nSPS) is 23.1. The Labute approximate surface area is 230 Å². The van der Waals surface area contributed by atoms with Gasteiger partial charge in [-0.2, -0.15) is 8.62 Å². The third-order valence-electron chi connectivity index (χ3n) is 5.63. The van der Waals surface area contributed by atoms with Crippen molar-refractivity contribution in [2.45, 2.75) is 37.8 Å². The maximum absolute atomic E-state index is 13.1. The van der Waals surface area contributed by atoms with Crippen LogP contribution in [-0.2, 0) is 36.3 Å². The molecule has 0 saturated carbocycles. The van der Waals surface area contributed by atoms with Gasteiger partial charge in [0.1, 0.15) is 30.3 Å². The quantitative estimate of drug-likeness (QED) is 0.127. The van der Waals surface area contributed by atoms with E-state index in [1.807, 2.05) is 0 Å². The van der Waals surface area contributed by atoms with E-state index in [0.717, 1.165) is 0 Å². The van der Waals surface area contributed by atoms with Gasteiger partial charge in [0, 0.05) is 12.5 Å². The van der Waals surface area contributed by atoms with Gasteiger partial charge in [-0.1, -0.05) is 18.2 Å². The summed E-state index contributed by atoms with van der Waals surface area (Å²) in [7, 11) is -16.8. The molecule has 0 aliphatic carbocycles. The number of fused-ring (bicyclic) bond motifs is 1. The number of carbonyl (C=O) groups excluding carboxylic acids is 1. The first kappa shape index (κ1) is 31.3. The van der Waals surface area contributed by atoms with Crippen molar-refractivity contribution in [1.82, 2.24) is 19.5 Å². The molecule has 3 aromatic rings. The van der Waals surface area contributed by atoms with Crippen molar-refractivity contribution in [1.29, 1.82) is 0 Å². The molecule has 1 aliphatic heterocycles. The fourth-order valence-electron chi connectivity index (χ4n) is 3.98. The van der Waals surface area contributed by atoms with Crippen LogP contribution < -0.4 is 11.5 Å². The Bertz CT molecular complexity index is 1580. The van der Waals surface area contributed by atoms with Gasteiger partial charge in [-0.05, 0) is 18.6 Å². The van der Waals surface area contributed by atoms with Crippen molar-refractivity contribution in [2.24, 2.45) is 5.73 Å². The van der Waals surface area contributed by atoms with Crippen LogP contribution in [0.5, 0.6) is 0 Å². The topological polar surface area (TPSA) is 291 Å². The maximum Gasteiger partial charge on any atom is 0.490 e. The molecule has 1 aromatic carbocycles. The highest BCUT2D eigenvalue weighted by molar-refractivity contribution is 7.66. The Balaban J connectivity index is 1.57. The smallest absolute Gasteiger partial charge is 0.456 e. The molecule has 0 bridgehead atoms. The van der Waals surface area contributed by atoms with E-state index in [4.69, 9.17) is 35.3 Å². The molecule has 3 heterocycles. The Morgan fingerprint density at radius 1 is 1.12 bits per heavy atom. The molecule has 2 aromatic heterocycles. The van der Waals surface area contributed by atoms with Gasteiger partial charge in [0.05, 0.1) is 18.5 Å². The number of hydrogen-bond donors (Lipinski definition) is 6. The van der Waals surface area contributed by atoms with Crippen LogP contribution in [0.1, 0.15) is 41.5 Å². The second-order valence-corrected chi connectivity index (χ2v) is 13.1. The fraction of sp³-hybridized carbons (Fsp3) is 0.368. The van der Waals surface area contributed by atoms with Gasteiger partial charge < -0.3 is 40.5 Å². The highest BCUT2D eigenvalue weighted by atomic mass is 31.3. The van der Waals surface area contributed by atoms with Crippen molar-refractivity contribution < 1.29 is 60.7 Å². The predicted molar refractivity (Wildman–Crippen MR) is 136 cm³/mol. The van der Waals surface area contributed by atoms with Gasteiger partial charge in [-0.3, -0.25) is 9.09 Å². The zero-order valence-corrected chi connectivity index (χ0v) is 23.6. The number of imidazole rings is 1. The minimum Gasteiger partial charge on any atom is -0.456 e. The molecule has 0 radical (unpaired) electrons. The number of phosphoric acid groups is 3. The van der Waals surface area contributed by atoms with Gasteiger partial charge in [0.15, 0.2) is 11.5 Å². The molecule has 19 nitrogen and oxygen atoms in total. The molecule has 1 saturated heterocycles. The number of nitrogens with two attached hydrogens (primary N) is 2. The number of aromatic nitrogens is 4. The van der Waals surface area contributed by atoms with E-state index in [0.29, 0.717) is 5.56 Å².